The molecule has 34 heavy (non-hydrogen) atoms. The van der Waals surface area contributed by atoms with E-state index in [2.05, 4.69) is 10.6 Å². The molecular weight excluding hydrogens is 438 g/mol. The number of hydrogen-bond acceptors (Lipinski definition) is 3. The highest BCUT2D eigenvalue weighted by Gasteiger charge is 2.29. The fourth-order valence-electron chi connectivity index (χ4n) is 3.94. The minimum Gasteiger partial charge on any atom is -0.336 e. The number of rotatable bonds is 5. The molecule has 0 spiro atoms. The van der Waals surface area contributed by atoms with Crippen molar-refractivity contribution in [2.75, 3.05) is 11.9 Å². The number of nitrogens with zero attached hydrogens (tertiary/aromatic N) is 2. The van der Waals surface area contributed by atoms with Crippen LogP contribution in [0.25, 0.3) is 0 Å². The number of urea groups is 1. The van der Waals surface area contributed by atoms with Crippen molar-refractivity contribution in [2.24, 2.45) is 0 Å². The number of carbonyl (C=O) groups excluding carboxylic acids is 2. The molecule has 1 atom stereocenters. The topological polar surface area (TPSA) is 85.2 Å². The molecule has 0 bridgehead atoms. The summed E-state index contributed by atoms with van der Waals surface area (Å²) in [6.07, 6.45) is 0.792. The average molecular weight is 460 g/mol. The van der Waals surface area contributed by atoms with E-state index in [1.165, 1.54) is 36.4 Å². The lowest BCUT2D eigenvalue weighted by Crippen LogP contribution is -2.51. The van der Waals surface area contributed by atoms with Crippen molar-refractivity contribution in [1.29, 1.82) is 5.26 Å². The summed E-state index contributed by atoms with van der Waals surface area (Å²) < 4.78 is 26.9. The van der Waals surface area contributed by atoms with Crippen LogP contribution in [0.1, 0.15) is 22.3 Å². The molecule has 0 radical (unpaired) electrons. The third kappa shape index (κ3) is 5.56. The Kier molecular flexibility index (Phi) is 6.83. The zero-order chi connectivity index (χ0) is 24.1. The standard InChI is InChI=1S/C26H22F2N4O2/c27-21-7-9-23(10-8-21)30-26(34)31-24(13-17-1-3-18(15-29)4-2-17)25(33)32-12-11-19-5-6-22(28)14-20(19)16-32/h1-10,14,24H,11-13,16H2,(H2,30,31,34)/t24-/m1/s1. The second-order valence-electron chi connectivity index (χ2n) is 8.09. The highest BCUT2D eigenvalue weighted by atomic mass is 19.1. The Bertz CT molecular complexity index is 1240. The molecule has 8 heteroatoms. The number of benzene rings is 3. The van der Waals surface area contributed by atoms with Crippen LogP contribution < -0.4 is 10.6 Å². The van der Waals surface area contributed by atoms with E-state index in [0.29, 0.717) is 24.2 Å². The normalized spacial score (nSPS) is 13.4. The van der Waals surface area contributed by atoms with Gasteiger partial charge in [-0.2, -0.15) is 5.26 Å². The van der Waals surface area contributed by atoms with Crippen LogP contribution in [0.15, 0.2) is 66.7 Å². The van der Waals surface area contributed by atoms with Crippen molar-refractivity contribution in [3.05, 3.63) is 101 Å². The summed E-state index contributed by atoms with van der Waals surface area (Å²) in [6.45, 7) is 0.694. The minimum absolute atomic E-state index is 0.202. The molecule has 0 unspecified atom stereocenters. The molecular formula is C26H22F2N4O2. The average Bonchev–Trinajstić information content (AvgIpc) is 2.84. The predicted octanol–water partition coefficient (Wildman–Crippen LogP) is 4.15. The molecule has 0 fully saturated rings. The van der Waals surface area contributed by atoms with Gasteiger partial charge in [0.15, 0.2) is 0 Å². The highest BCUT2D eigenvalue weighted by Crippen LogP contribution is 2.21. The molecule has 6 nitrogen and oxygen atoms in total. The summed E-state index contributed by atoms with van der Waals surface area (Å²) in [7, 11) is 0. The van der Waals surface area contributed by atoms with Gasteiger partial charge in [-0.05, 0) is 71.6 Å². The monoisotopic (exact) mass is 460 g/mol. The lowest BCUT2D eigenvalue weighted by molar-refractivity contribution is -0.134. The van der Waals surface area contributed by atoms with E-state index in [9.17, 15) is 18.4 Å². The maximum absolute atomic E-state index is 13.7. The molecule has 3 aromatic rings. The van der Waals surface area contributed by atoms with Gasteiger partial charge >= 0.3 is 6.03 Å². The number of halogens is 2. The zero-order valence-corrected chi connectivity index (χ0v) is 18.2. The lowest BCUT2D eigenvalue weighted by atomic mass is 9.98. The van der Waals surface area contributed by atoms with Gasteiger partial charge in [0.2, 0.25) is 5.91 Å². The molecule has 1 heterocycles. The molecule has 172 valence electrons. The number of nitriles is 1. The van der Waals surface area contributed by atoms with E-state index >= 15 is 0 Å². The first kappa shape index (κ1) is 22.9. The molecule has 0 aliphatic carbocycles. The van der Waals surface area contributed by atoms with Crippen molar-refractivity contribution >= 4 is 17.6 Å². The number of amides is 3. The molecule has 0 aromatic heterocycles. The van der Waals surface area contributed by atoms with Crippen LogP contribution in [0, 0.1) is 23.0 Å². The van der Waals surface area contributed by atoms with Gasteiger partial charge in [-0.15, -0.1) is 0 Å². The van der Waals surface area contributed by atoms with Gasteiger partial charge in [0.1, 0.15) is 17.7 Å². The first-order valence-corrected chi connectivity index (χ1v) is 10.8. The van der Waals surface area contributed by atoms with Gasteiger partial charge in [0.25, 0.3) is 0 Å². The van der Waals surface area contributed by atoms with Gasteiger partial charge in [-0.25, -0.2) is 13.6 Å². The Morgan fingerprint density at radius 1 is 0.971 bits per heavy atom. The molecule has 0 saturated heterocycles. The molecule has 1 aliphatic heterocycles. The number of fused-ring (bicyclic) bond motifs is 1. The quantitative estimate of drug-likeness (QED) is 0.600. The number of hydrogen-bond donors (Lipinski definition) is 2. The van der Waals surface area contributed by atoms with Crippen LogP contribution in [-0.2, 0) is 24.2 Å². The Morgan fingerprint density at radius 3 is 2.38 bits per heavy atom. The van der Waals surface area contributed by atoms with Gasteiger partial charge in [-0.3, -0.25) is 4.79 Å². The van der Waals surface area contributed by atoms with Crippen LogP contribution >= 0.6 is 0 Å². The molecule has 1 aliphatic rings. The summed E-state index contributed by atoms with van der Waals surface area (Å²) in [6, 6.07) is 17.2. The van der Waals surface area contributed by atoms with E-state index in [4.69, 9.17) is 5.26 Å². The van der Waals surface area contributed by atoms with Crippen molar-refractivity contribution in [3.63, 3.8) is 0 Å². The number of anilines is 1. The van der Waals surface area contributed by atoms with E-state index in [0.717, 1.165) is 16.7 Å². The fraction of sp³-hybridized carbons (Fsp3) is 0.192. The van der Waals surface area contributed by atoms with Crippen molar-refractivity contribution in [2.45, 2.75) is 25.4 Å². The molecule has 3 aromatic carbocycles. The molecule has 3 amide bonds. The summed E-state index contributed by atoms with van der Waals surface area (Å²) in [4.78, 5) is 27.7. The van der Waals surface area contributed by atoms with Crippen LogP contribution in [-0.4, -0.2) is 29.4 Å². The predicted molar refractivity (Wildman–Crippen MR) is 123 cm³/mol. The fourth-order valence-corrected chi connectivity index (χ4v) is 3.94. The van der Waals surface area contributed by atoms with Crippen LogP contribution in [0.2, 0.25) is 0 Å². The molecule has 2 N–H and O–H groups in total. The maximum atomic E-state index is 13.7. The molecule has 4 rings (SSSR count). The van der Waals surface area contributed by atoms with Gasteiger partial charge in [0.05, 0.1) is 11.6 Å². The first-order chi connectivity index (χ1) is 16.4. The Morgan fingerprint density at radius 2 is 1.68 bits per heavy atom. The second-order valence-corrected chi connectivity index (χ2v) is 8.09. The van der Waals surface area contributed by atoms with Crippen LogP contribution in [0.4, 0.5) is 19.3 Å². The third-order valence-electron chi connectivity index (χ3n) is 5.72. The summed E-state index contributed by atoms with van der Waals surface area (Å²) in [5, 5.41) is 14.3. The van der Waals surface area contributed by atoms with E-state index in [1.54, 1.807) is 35.2 Å². The third-order valence-corrected chi connectivity index (χ3v) is 5.72. The largest absolute Gasteiger partial charge is 0.336 e. The van der Waals surface area contributed by atoms with Crippen molar-refractivity contribution in [1.82, 2.24) is 10.2 Å². The highest BCUT2D eigenvalue weighted by molar-refractivity contribution is 5.94. The second kappa shape index (κ2) is 10.1. The number of nitrogens with one attached hydrogen (secondary N) is 2. The van der Waals surface area contributed by atoms with Gasteiger partial charge < -0.3 is 15.5 Å². The smallest absolute Gasteiger partial charge is 0.319 e. The van der Waals surface area contributed by atoms with Crippen LogP contribution in [0.5, 0.6) is 0 Å². The summed E-state index contributed by atoms with van der Waals surface area (Å²) in [5.41, 5.74) is 3.38. The Hall–Kier alpha value is -4.25. The summed E-state index contributed by atoms with van der Waals surface area (Å²) in [5.74, 6) is -1.09. The van der Waals surface area contributed by atoms with Gasteiger partial charge in [0, 0.05) is 25.2 Å². The lowest BCUT2D eigenvalue weighted by Gasteiger charge is -2.32. The van der Waals surface area contributed by atoms with Crippen LogP contribution in [0.3, 0.4) is 0 Å². The minimum atomic E-state index is -0.900. The van der Waals surface area contributed by atoms with E-state index in [-0.39, 0.29) is 24.7 Å². The molecule has 0 saturated carbocycles. The van der Waals surface area contributed by atoms with Crippen molar-refractivity contribution in [3.8, 4) is 6.07 Å². The van der Waals surface area contributed by atoms with E-state index < -0.39 is 17.9 Å². The summed E-state index contributed by atoms with van der Waals surface area (Å²) >= 11 is 0. The number of carbonyl (C=O) groups is 2. The maximum Gasteiger partial charge on any atom is 0.319 e. The van der Waals surface area contributed by atoms with Gasteiger partial charge in [-0.1, -0.05) is 18.2 Å². The van der Waals surface area contributed by atoms with Crippen molar-refractivity contribution < 1.29 is 18.4 Å². The Balaban J connectivity index is 1.52. The SMILES string of the molecule is N#Cc1ccc(C[C@@H](NC(=O)Nc2ccc(F)cc2)C(=O)N2CCc3ccc(F)cc3C2)cc1. The first-order valence-electron chi connectivity index (χ1n) is 10.8. The Labute approximate surface area is 195 Å². The zero-order valence-electron chi connectivity index (χ0n) is 18.2. The van der Waals surface area contributed by atoms with E-state index in [1.807, 2.05) is 6.07 Å².